The molecule has 0 aromatic carbocycles. The molecule has 92 valence electrons. The van der Waals surface area contributed by atoms with E-state index in [4.69, 9.17) is 4.42 Å². The highest BCUT2D eigenvalue weighted by Gasteiger charge is 2.14. The molecule has 3 unspecified atom stereocenters. The van der Waals surface area contributed by atoms with Crippen LogP contribution in [0.1, 0.15) is 37.6 Å². The van der Waals surface area contributed by atoms with Crippen molar-refractivity contribution < 1.29 is 8.63 Å². The van der Waals surface area contributed by atoms with E-state index in [9.17, 15) is 4.21 Å². The third-order valence-corrected chi connectivity index (χ3v) is 3.48. The molecule has 1 N–H and O–H groups in total. The minimum atomic E-state index is -0.706. The molecule has 3 nitrogen and oxygen atoms in total. The second-order valence-electron chi connectivity index (χ2n) is 4.32. The van der Waals surface area contributed by atoms with Crippen LogP contribution in [-0.2, 0) is 10.8 Å². The van der Waals surface area contributed by atoms with Crippen molar-refractivity contribution in [3.8, 4) is 0 Å². The van der Waals surface area contributed by atoms with Crippen LogP contribution in [0.4, 0.5) is 0 Å². The fraction of sp³-hybridized carbons (Fsp3) is 0.667. The Morgan fingerprint density at radius 2 is 2.19 bits per heavy atom. The van der Waals surface area contributed by atoms with Crippen molar-refractivity contribution >= 4 is 10.8 Å². The zero-order valence-electron chi connectivity index (χ0n) is 10.4. The summed E-state index contributed by atoms with van der Waals surface area (Å²) < 4.78 is 16.4. The molecule has 0 fully saturated rings. The normalized spacial score (nSPS) is 17.0. The molecule has 0 bridgehead atoms. The van der Waals surface area contributed by atoms with E-state index in [-0.39, 0.29) is 6.04 Å². The van der Waals surface area contributed by atoms with Gasteiger partial charge >= 0.3 is 0 Å². The van der Waals surface area contributed by atoms with Crippen LogP contribution in [0.3, 0.4) is 0 Å². The minimum absolute atomic E-state index is 0.204. The van der Waals surface area contributed by atoms with Crippen LogP contribution >= 0.6 is 0 Å². The fourth-order valence-corrected chi connectivity index (χ4v) is 2.44. The van der Waals surface area contributed by atoms with Gasteiger partial charge in [0.05, 0.1) is 12.3 Å². The molecule has 4 heteroatoms. The Balaban J connectivity index is 2.42. The Labute approximate surface area is 100 Å². The predicted octanol–water partition coefficient (Wildman–Crippen LogP) is 2.40. The first-order valence-electron chi connectivity index (χ1n) is 5.60. The molecular weight excluding hydrogens is 222 g/mol. The highest BCUT2D eigenvalue weighted by Crippen LogP contribution is 2.18. The van der Waals surface area contributed by atoms with Gasteiger partial charge in [0, 0.05) is 28.9 Å². The standard InChI is InChI=1S/C12H21NO2S/c1-9-5-7-15-12(9)11(3)13-10(2)6-8-16(4)14/h5,7,10-11,13H,6,8H2,1-4H3. The van der Waals surface area contributed by atoms with Crippen molar-refractivity contribution in [1.29, 1.82) is 0 Å². The van der Waals surface area contributed by atoms with E-state index in [0.29, 0.717) is 6.04 Å². The van der Waals surface area contributed by atoms with E-state index in [1.54, 1.807) is 12.5 Å². The van der Waals surface area contributed by atoms with Crippen molar-refractivity contribution in [3.63, 3.8) is 0 Å². The Morgan fingerprint density at radius 1 is 1.50 bits per heavy atom. The lowest BCUT2D eigenvalue weighted by Crippen LogP contribution is -2.30. The summed E-state index contributed by atoms with van der Waals surface area (Å²) >= 11 is 0. The number of furan rings is 1. The van der Waals surface area contributed by atoms with E-state index in [1.807, 2.05) is 13.0 Å². The van der Waals surface area contributed by atoms with Crippen LogP contribution < -0.4 is 5.32 Å². The molecule has 0 aliphatic carbocycles. The van der Waals surface area contributed by atoms with Gasteiger partial charge in [-0.1, -0.05) is 0 Å². The second kappa shape index (κ2) is 6.21. The van der Waals surface area contributed by atoms with Gasteiger partial charge in [-0.2, -0.15) is 0 Å². The number of aryl methyl sites for hydroxylation is 1. The summed E-state index contributed by atoms with van der Waals surface area (Å²) in [5.41, 5.74) is 1.17. The molecular formula is C12H21NO2S. The molecule has 0 saturated heterocycles. The monoisotopic (exact) mass is 243 g/mol. The molecule has 0 saturated carbocycles. The Hall–Kier alpha value is -0.610. The molecule has 0 aliphatic rings. The predicted molar refractivity (Wildman–Crippen MR) is 68.0 cm³/mol. The molecule has 0 amide bonds. The summed E-state index contributed by atoms with van der Waals surface area (Å²) in [6.45, 7) is 6.25. The topological polar surface area (TPSA) is 42.2 Å². The molecule has 16 heavy (non-hydrogen) atoms. The van der Waals surface area contributed by atoms with E-state index in [0.717, 1.165) is 17.9 Å². The van der Waals surface area contributed by atoms with Crippen LogP contribution in [0.15, 0.2) is 16.7 Å². The molecule has 1 heterocycles. The van der Waals surface area contributed by atoms with E-state index < -0.39 is 10.8 Å². The lowest BCUT2D eigenvalue weighted by Gasteiger charge is -2.18. The quantitative estimate of drug-likeness (QED) is 0.834. The first-order valence-corrected chi connectivity index (χ1v) is 7.33. The fourth-order valence-electron chi connectivity index (χ4n) is 1.76. The maximum atomic E-state index is 11.0. The zero-order valence-corrected chi connectivity index (χ0v) is 11.3. The molecule has 1 rings (SSSR count). The lowest BCUT2D eigenvalue weighted by molar-refractivity contribution is 0.392. The minimum Gasteiger partial charge on any atom is -0.467 e. The maximum absolute atomic E-state index is 11.0. The molecule has 0 aliphatic heterocycles. The van der Waals surface area contributed by atoms with Crippen LogP contribution in [0.25, 0.3) is 0 Å². The third-order valence-electron chi connectivity index (χ3n) is 2.67. The summed E-state index contributed by atoms with van der Waals surface area (Å²) in [6, 6.07) is 2.53. The SMILES string of the molecule is Cc1ccoc1C(C)NC(C)CCS(C)=O. The van der Waals surface area contributed by atoms with Crippen molar-refractivity contribution in [2.24, 2.45) is 0 Å². The summed E-state index contributed by atoms with van der Waals surface area (Å²) in [7, 11) is -0.706. The van der Waals surface area contributed by atoms with Gasteiger partial charge in [0.2, 0.25) is 0 Å². The maximum Gasteiger partial charge on any atom is 0.123 e. The van der Waals surface area contributed by atoms with Crippen LogP contribution in [0.2, 0.25) is 0 Å². The van der Waals surface area contributed by atoms with Crippen molar-refractivity contribution in [2.45, 2.75) is 39.3 Å². The lowest BCUT2D eigenvalue weighted by atomic mass is 10.1. The van der Waals surface area contributed by atoms with Crippen molar-refractivity contribution in [3.05, 3.63) is 23.7 Å². The summed E-state index contributed by atoms with van der Waals surface area (Å²) in [4.78, 5) is 0. The summed E-state index contributed by atoms with van der Waals surface area (Å²) in [5, 5.41) is 3.45. The van der Waals surface area contributed by atoms with Crippen molar-refractivity contribution in [2.75, 3.05) is 12.0 Å². The van der Waals surface area contributed by atoms with Gasteiger partial charge in [0.15, 0.2) is 0 Å². The molecule has 1 aromatic heterocycles. The molecule has 0 spiro atoms. The van der Waals surface area contributed by atoms with Crippen LogP contribution in [-0.4, -0.2) is 22.3 Å². The largest absolute Gasteiger partial charge is 0.467 e. The average molecular weight is 243 g/mol. The highest BCUT2D eigenvalue weighted by atomic mass is 32.2. The molecule has 1 aromatic rings. The third kappa shape index (κ3) is 4.10. The Morgan fingerprint density at radius 3 is 2.69 bits per heavy atom. The van der Waals surface area contributed by atoms with Gasteiger partial charge < -0.3 is 9.73 Å². The molecule has 3 atom stereocenters. The van der Waals surface area contributed by atoms with Gasteiger partial charge in [-0.05, 0) is 38.8 Å². The van der Waals surface area contributed by atoms with E-state index in [2.05, 4.69) is 19.2 Å². The van der Waals surface area contributed by atoms with Crippen LogP contribution in [0.5, 0.6) is 0 Å². The van der Waals surface area contributed by atoms with Gasteiger partial charge in [-0.3, -0.25) is 4.21 Å². The first-order chi connectivity index (χ1) is 7.50. The summed E-state index contributed by atoms with van der Waals surface area (Å²) in [6.07, 6.45) is 4.38. The van der Waals surface area contributed by atoms with Gasteiger partial charge in [0.25, 0.3) is 0 Å². The number of rotatable bonds is 6. The van der Waals surface area contributed by atoms with Gasteiger partial charge in [0.1, 0.15) is 5.76 Å². The second-order valence-corrected chi connectivity index (χ2v) is 5.88. The first kappa shape index (κ1) is 13.5. The Bertz CT molecular complexity index is 349. The summed E-state index contributed by atoms with van der Waals surface area (Å²) in [5.74, 6) is 1.74. The zero-order chi connectivity index (χ0) is 12.1. The highest BCUT2D eigenvalue weighted by molar-refractivity contribution is 7.84. The van der Waals surface area contributed by atoms with Crippen LogP contribution in [0, 0.1) is 6.92 Å². The van der Waals surface area contributed by atoms with Gasteiger partial charge in [-0.25, -0.2) is 0 Å². The molecule has 0 radical (unpaired) electrons. The van der Waals surface area contributed by atoms with Crippen molar-refractivity contribution in [1.82, 2.24) is 5.32 Å². The Kier molecular flexibility index (Phi) is 5.22. The van der Waals surface area contributed by atoms with E-state index >= 15 is 0 Å². The van der Waals surface area contributed by atoms with Gasteiger partial charge in [-0.15, -0.1) is 0 Å². The number of nitrogens with one attached hydrogen (secondary N) is 1. The smallest absolute Gasteiger partial charge is 0.123 e. The van der Waals surface area contributed by atoms with E-state index in [1.165, 1.54) is 5.56 Å². The number of hydrogen-bond acceptors (Lipinski definition) is 3. The average Bonchev–Trinajstić information content (AvgIpc) is 2.61. The number of hydrogen-bond donors (Lipinski definition) is 1.